The molecule has 2 rings (SSSR count). The van der Waals surface area contributed by atoms with Crippen LogP contribution in [0.3, 0.4) is 0 Å². The third kappa shape index (κ3) is 12.7. The van der Waals surface area contributed by atoms with E-state index in [1.54, 1.807) is 32.1 Å². The summed E-state index contributed by atoms with van der Waals surface area (Å²) in [6.45, 7) is 14.6. The van der Waals surface area contributed by atoms with E-state index in [0.717, 1.165) is 5.57 Å². The van der Waals surface area contributed by atoms with Crippen LogP contribution in [0.2, 0.25) is 0 Å². The molecule has 2 unspecified atom stereocenters. The van der Waals surface area contributed by atoms with Crippen molar-refractivity contribution in [1.82, 2.24) is 0 Å². The minimum Gasteiger partial charge on any atom is -0.481 e. The summed E-state index contributed by atoms with van der Waals surface area (Å²) < 4.78 is 20.6. The first kappa shape index (κ1) is 39.9. The van der Waals surface area contributed by atoms with Gasteiger partial charge in [-0.15, -0.1) is 0 Å². The number of carboxylic acids is 2. The lowest BCUT2D eigenvalue weighted by Gasteiger charge is -2.27. The topological polar surface area (TPSA) is 180 Å². The number of aliphatic carboxylic acids is 2. The second-order valence-corrected chi connectivity index (χ2v) is 11.8. The van der Waals surface area contributed by atoms with Gasteiger partial charge in [0.15, 0.2) is 0 Å². The molecule has 0 heterocycles. The molecule has 0 aromatic carbocycles. The third-order valence-corrected chi connectivity index (χ3v) is 7.51. The first-order chi connectivity index (χ1) is 23.0. The SMILES string of the molecule is C=C(C)OC(=O)CCOC(=O)C1CC(C(=O)O)C\C(CCC)=C(C2=C\C=C(OC(=O)CCOC(=O)C(=C)C)/C=C(C(=O)O)/C(C)=C\2)\C=C\1C. The van der Waals surface area contributed by atoms with Crippen LogP contribution in [0.1, 0.15) is 73.1 Å². The van der Waals surface area contributed by atoms with Crippen LogP contribution >= 0.6 is 0 Å². The van der Waals surface area contributed by atoms with Crippen molar-refractivity contribution < 1.29 is 57.9 Å². The fraction of sp³-hybridized carbons (Fsp3) is 0.405. The smallest absolute Gasteiger partial charge is 0.336 e. The first-order valence-corrected chi connectivity index (χ1v) is 15.8. The zero-order valence-electron chi connectivity index (χ0n) is 28.6. The average Bonchev–Trinajstić information content (AvgIpc) is 2.99. The number of esters is 4. The second-order valence-electron chi connectivity index (χ2n) is 11.8. The summed E-state index contributed by atoms with van der Waals surface area (Å²) in [7, 11) is 0. The summed E-state index contributed by atoms with van der Waals surface area (Å²) in [6.07, 6.45) is 8.41. The molecule has 2 aliphatic rings. The lowest BCUT2D eigenvalue weighted by atomic mass is 9.78. The summed E-state index contributed by atoms with van der Waals surface area (Å²) >= 11 is 0. The molecule has 264 valence electrons. The molecular weight excluding hydrogens is 636 g/mol. The van der Waals surface area contributed by atoms with Gasteiger partial charge in [-0.1, -0.05) is 55.9 Å². The number of carbonyl (C=O) groups is 6. The minimum atomic E-state index is -1.28. The second kappa shape index (κ2) is 18.9. The molecule has 0 aromatic heterocycles. The van der Waals surface area contributed by atoms with Gasteiger partial charge in [0.2, 0.25) is 0 Å². The Hall–Kier alpha value is -5.26. The van der Waals surface area contributed by atoms with Crippen molar-refractivity contribution in [3.63, 3.8) is 0 Å². The zero-order valence-corrected chi connectivity index (χ0v) is 28.6. The highest BCUT2D eigenvalue weighted by Gasteiger charge is 2.33. The van der Waals surface area contributed by atoms with E-state index in [4.69, 9.17) is 18.9 Å². The molecule has 0 aromatic rings. The summed E-state index contributed by atoms with van der Waals surface area (Å²) in [6, 6.07) is 0. The van der Waals surface area contributed by atoms with Gasteiger partial charge in [0.05, 0.1) is 36.0 Å². The average molecular weight is 681 g/mol. The molecule has 12 heteroatoms. The Morgan fingerprint density at radius 2 is 1.55 bits per heavy atom. The van der Waals surface area contributed by atoms with Gasteiger partial charge < -0.3 is 29.2 Å². The Bertz CT molecular complexity index is 1580. The lowest BCUT2D eigenvalue weighted by Crippen LogP contribution is -2.28. The highest BCUT2D eigenvalue weighted by Crippen LogP contribution is 2.37. The lowest BCUT2D eigenvalue weighted by molar-refractivity contribution is -0.151. The Labute approximate surface area is 285 Å². The molecule has 2 N–H and O–H groups in total. The monoisotopic (exact) mass is 680 g/mol. The molecule has 0 radical (unpaired) electrons. The number of hydrogen-bond acceptors (Lipinski definition) is 10. The molecule has 0 amide bonds. The Kier molecular flexibility index (Phi) is 15.4. The predicted molar refractivity (Wildman–Crippen MR) is 178 cm³/mol. The van der Waals surface area contributed by atoms with E-state index in [-0.39, 0.29) is 61.6 Å². The van der Waals surface area contributed by atoms with Crippen molar-refractivity contribution in [1.29, 1.82) is 0 Å². The molecule has 0 spiro atoms. The molecule has 49 heavy (non-hydrogen) atoms. The van der Waals surface area contributed by atoms with Crippen molar-refractivity contribution in [2.24, 2.45) is 11.8 Å². The predicted octanol–water partition coefficient (Wildman–Crippen LogP) is 5.98. The van der Waals surface area contributed by atoms with Crippen LogP contribution in [-0.2, 0) is 47.7 Å². The molecule has 0 saturated carbocycles. The van der Waals surface area contributed by atoms with Crippen molar-refractivity contribution in [3.8, 4) is 0 Å². The van der Waals surface area contributed by atoms with Crippen LogP contribution in [0.4, 0.5) is 0 Å². The standard InChI is InChI=1S/C37H44O12/c1-8-9-25-18-27(34(40)41)19-30(37(45)47-15-12-32(38)48-22(4)5)24(7)17-31(25)26-10-11-28(20-29(35(42)43)23(6)16-26)49-33(39)13-14-46-36(44)21(2)3/h10-11,16-17,20,27,30H,2,4,8-9,12-15,18-19H2,1,3,5-7H3,(H,40,41)(H,42,43)/b11-10?,23-16-,24-17+,26-10-,26-16?,28-11+,28-20?,29-20-,29-23?,31-25-. The number of rotatable bonds is 15. The summed E-state index contributed by atoms with van der Waals surface area (Å²) in [5.74, 6) is -6.92. The fourth-order valence-electron chi connectivity index (χ4n) is 5.10. The van der Waals surface area contributed by atoms with Gasteiger partial charge in [0.1, 0.15) is 19.0 Å². The number of allylic oxidation sites excluding steroid dienone is 9. The van der Waals surface area contributed by atoms with Crippen LogP contribution in [0.25, 0.3) is 0 Å². The number of hydrogen-bond donors (Lipinski definition) is 2. The highest BCUT2D eigenvalue weighted by molar-refractivity contribution is 5.93. The van der Waals surface area contributed by atoms with E-state index in [1.807, 2.05) is 6.92 Å². The third-order valence-electron chi connectivity index (χ3n) is 7.51. The molecule has 0 fully saturated rings. The highest BCUT2D eigenvalue weighted by atomic mass is 16.6. The van der Waals surface area contributed by atoms with Gasteiger partial charge in [-0.05, 0) is 75.8 Å². The number of carbonyl (C=O) groups excluding carboxylic acids is 4. The Morgan fingerprint density at radius 1 is 0.898 bits per heavy atom. The van der Waals surface area contributed by atoms with Gasteiger partial charge in [0, 0.05) is 5.57 Å². The maximum atomic E-state index is 13.3. The van der Waals surface area contributed by atoms with Gasteiger partial charge in [-0.2, -0.15) is 0 Å². The molecule has 2 atom stereocenters. The quantitative estimate of drug-likeness (QED) is 0.0895. The van der Waals surface area contributed by atoms with Gasteiger partial charge >= 0.3 is 35.8 Å². The maximum absolute atomic E-state index is 13.3. The van der Waals surface area contributed by atoms with E-state index in [0.29, 0.717) is 35.1 Å². The van der Waals surface area contributed by atoms with E-state index < -0.39 is 47.7 Å². The van der Waals surface area contributed by atoms with Crippen molar-refractivity contribution in [2.75, 3.05) is 13.2 Å². The van der Waals surface area contributed by atoms with E-state index >= 15 is 0 Å². The largest absolute Gasteiger partial charge is 0.481 e. The van der Waals surface area contributed by atoms with Crippen LogP contribution in [0.15, 0.2) is 94.1 Å². The van der Waals surface area contributed by atoms with Crippen LogP contribution in [0, 0.1) is 11.8 Å². The Morgan fingerprint density at radius 3 is 2.14 bits per heavy atom. The Balaban J connectivity index is 2.57. The molecule has 0 aliphatic heterocycles. The zero-order chi connectivity index (χ0) is 36.8. The van der Waals surface area contributed by atoms with E-state index in [9.17, 15) is 39.0 Å². The summed E-state index contributed by atoms with van der Waals surface area (Å²) in [4.78, 5) is 74.1. The van der Waals surface area contributed by atoms with Crippen molar-refractivity contribution in [3.05, 3.63) is 94.1 Å². The first-order valence-electron chi connectivity index (χ1n) is 15.8. The maximum Gasteiger partial charge on any atom is 0.336 e. The number of ether oxygens (including phenoxy) is 4. The molecule has 2 aliphatic carbocycles. The molecule has 0 saturated heterocycles. The van der Waals surface area contributed by atoms with Gasteiger partial charge in [-0.25, -0.2) is 9.59 Å². The van der Waals surface area contributed by atoms with E-state index in [2.05, 4.69) is 13.2 Å². The summed E-state index contributed by atoms with van der Waals surface area (Å²) in [5.41, 5.74) is 2.71. The fourth-order valence-corrected chi connectivity index (χ4v) is 5.10. The van der Waals surface area contributed by atoms with Crippen molar-refractivity contribution >= 4 is 35.8 Å². The van der Waals surface area contributed by atoms with E-state index in [1.165, 1.54) is 26.0 Å². The number of carboxylic acid groups (broad SMARTS) is 2. The molecule has 0 bridgehead atoms. The molecule has 12 nitrogen and oxygen atoms in total. The van der Waals surface area contributed by atoms with Crippen LogP contribution in [0.5, 0.6) is 0 Å². The summed E-state index contributed by atoms with van der Waals surface area (Å²) in [5, 5.41) is 20.2. The van der Waals surface area contributed by atoms with Crippen LogP contribution in [-0.4, -0.2) is 59.2 Å². The van der Waals surface area contributed by atoms with Gasteiger partial charge in [0.25, 0.3) is 0 Å². The normalized spacial score (nSPS) is 24.7. The minimum absolute atomic E-state index is 0.0330. The van der Waals surface area contributed by atoms with Gasteiger partial charge in [-0.3, -0.25) is 19.2 Å². The van der Waals surface area contributed by atoms with Crippen LogP contribution < -0.4 is 0 Å². The molecular formula is C37H44O12. The van der Waals surface area contributed by atoms with Crippen molar-refractivity contribution in [2.45, 2.75) is 73.1 Å².